The van der Waals surface area contributed by atoms with Crippen molar-refractivity contribution < 1.29 is 0 Å². The van der Waals surface area contributed by atoms with Crippen molar-refractivity contribution in [1.29, 1.82) is 0 Å². The second kappa shape index (κ2) is 17.8. The first-order chi connectivity index (χ1) is 12.1. The Bertz CT molecular complexity index is 383. The third-order valence-corrected chi connectivity index (χ3v) is 5.10. The van der Waals surface area contributed by atoms with Crippen molar-refractivity contribution in [2.45, 2.75) is 92.4 Å². The van der Waals surface area contributed by atoms with Crippen LogP contribution < -0.4 is 0 Å². The van der Waals surface area contributed by atoms with E-state index >= 15 is 0 Å². The van der Waals surface area contributed by atoms with Gasteiger partial charge in [0.1, 0.15) is 0 Å². The summed E-state index contributed by atoms with van der Waals surface area (Å²) in [6.45, 7) is 11.6. The lowest BCUT2D eigenvalue weighted by atomic mass is 9.89. The summed E-state index contributed by atoms with van der Waals surface area (Å²) in [6.07, 6.45) is 29.5. The summed E-state index contributed by atoms with van der Waals surface area (Å²) >= 11 is 0. The lowest BCUT2D eigenvalue weighted by molar-refractivity contribution is 0.370. The van der Waals surface area contributed by atoms with Crippen molar-refractivity contribution >= 4 is 0 Å². The molecule has 144 valence electrons. The maximum atomic E-state index is 2.40. The van der Waals surface area contributed by atoms with Crippen LogP contribution in [-0.2, 0) is 0 Å². The van der Waals surface area contributed by atoms with Gasteiger partial charge in [-0.15, -0.1) is 0 Å². The summed E-state index contributed by atoms with van der Waals surface area (Å²) in [4.78, 5) is 0. The molecule has 0 radical (unpaired) electrons. The minimum absolute atomic E-state index is 0.774. The summed E-state index contributed by atoms with van der Waals surface area (Å²) in [5, 5.41) is 0. The molecule has 25 heavy (non-hydrogen) atoms. The average molecular weight is 345 g/mol. The normalized spacial score (nSPS) is 16.5. The molecule has 0 aliphatic carbocycles. The Morgan fingerprint density at radius 3 is 1.92 bits per heavy atom. The largest absolute Gasteiger partial charge is 0.0885 e. The van der Waals surface area contributed by atoms with E-state index in [4.69, 9.17) is 0 Å². The molecule has 0 aromatic heterocycles. The smallest absolute Gasteiger partial charge is 0.0169 e. The molecule has 0 rings (SSSR count). The van der Waals surface area contributed by atoms with Crippen LogP contribution in [-0.4, -0.2) is 0 Å². The van der Waals surface area contributed by atoms with Crippen molar-refractivity contribution in [3.05, 3.63) is 48.6 Å². The molecule has 0 bridgehead atoms. The zero-order valence-corrected chi connectivity index (χ0v) is 17.7. The lowest BCUT2D eigenvalue weighted by Gasteiger charge is -2.17. The molecular weight excluding hydrogens is 300 g/mol. The average Bonchev–Trinajstić information content (AvgIpc) is 2.60. The van der Waals surface area contributed by atoms with Crippen LogP contribution in [0.2, 0.25) is 0 Å². The molecule has 0 aliphatic heterocycles. The van der Waals surface area contributed by atoms with E-state index in [1.807, 2.05) is 0 Å². The zero-order chi connectivity index (χ0) is 18.8. The van der Waals surface area contributed by atoms with Gasteiger partial charge in [-0.2, -0.15) is 0 Å². The molecule has 0 saturated carbocycles. The van der Waals surface area contributed by atoms with Gasteiger partial charge in [-0.05, 0) is 62.7 Å². The molecule has 0 aromatic carbocycles. The third-order valence-electron chi connectivity index (χ3n) is 5.10. The minimum atomic E-state index is 0.774. The van der Waals surface area contributed by atoms with Gasteiger partial charge in [-0.3, -0.25) is 0 Å². The van der Waals surface area contributed by atoms with E-state index in [1.165, 1.54) is 44.9 Å². The van der Waals surface area contributed by atoms with E-state index in [9.17, 15) is 0 Å². The fourth-order valence-corrected chi connectivity index (χ4v) is 2.99. The standard InChI is InChI=1S/C25H44/c1-6-8-9-10-14-17-21-24(4)25(5)22-18-15-12-11-13-16-20-23(3)19-7-2/h8-9,11-15,17,23-25H,6-7,10,16,18-22H2,1-5H3/b9-8-,13-11-,15-12+,17-14-. The molecule has 0 aromatic rings. The highest BCUT2D eigenvalue weighted by Gasteiger charge is 2.09. The van der Waals surface area contributed by atoms with E-state index in [0.29, 0.717) is 0 Å². The van der Waals surface area contributed by atoms with Gasteiger partial charge < -0.3 is 0 Å². The maximum Gasteiger partial charge on any atom is -0.0169 e. The van der Waals surface area contributed by atoms with Crippen LogP contribution >= 0.6 is 0 Å². The van der Waals surface area contributed by atoms with Crippen molar-refractivity contribution in [2.75, 3.05) is 0 Å². The molecule has 0 saturated heterocycles. The maximum absolute atomic E-state index is 2.40. The second-order valence-corrected chi connectivity index (χ2v) is 7.68. The Morgan fingerprint density at radius 2 is 1.28 bits per heavy atom. The zero-order valence-electron chi connectivity index (χ0n) is 17.7. The highest BCUT2D eigenvalue weighted by Crippen LogP contribution is 2.21. The third kappa shape index (κ3) is 16.2. The predicted octanol–water partition coefficient (Wildman–Crippen LogP) is 8.67. The van der Waals surface area contributed by atoms with Crippen molar-refractivity contribution in [2.24, 2.45) is 17.8 Å². The molecular formula is C25H44. The van der Waals surface area contributed by atoms with Gasteiger partial charge >= 0.3 is 0 Å². The van der Waals surface area contributed by atoms with Gasteiger partial charge in [0, 0.05) is 0 Å². The van der Waals surface area contributed by atoms with Gasteiger partial charge in [0.2, 0.25) is 0 Å². The Hall–Kier alpha value is -1.04. The molecule has 0 nitrogen and oxygen atoms in total. The van der Waals surface area contributed by atoms with Crippen molar-refractivity contribution in [3.63, 3.8) is 0 Å². The molecule has 0 N–H and O–H groups in total. The van der Waals surface area contributed by atoms with Crippen LogP contribution in [0.4, 0.5) is 0 Å². The molecule has 0 heterocycles. The quantitative estimate of drug-likeness (QED) is 0.206. The van der Waals surface area contributed by atoms with E-state index in [-0.39, 0.29) is 0 Å². The van der Waals surface area contributed by atoms with Gasteiger partial charge in [0.05, 0.1) is 0 Å². The first kappa shape index (κ1) is 24.0. The predicted molar refractivity (Wildman–Crippen MR) is 117 cm³/mol. The number of rotatable bonds is 15. The van der Waals surface area contributed by atoms with Gasteiger partial charge in [0.25, 0.3) is 0 Å². The van der Waals surface area contributed by atoms with Crippen LogP contribution in [0.5, 0.6) is 0 Å². The number of hydrogen-bond acceptors (Lipinski definition) is 0. The van der Waals surface area contributed by atoms with Gasteiger partial charge in [-0.25, -0.2) is 0 Å². The van der Waals surface area contributed by atoms with E-state index in [1.54, 1.807) is 0 Å². The van der Waals surface area contributed by atoms with Crippen LogP contribution in [0.3, 0.4) is 0 Å². The summed E-state index contributed by atoms with van der Waals surface area (Å²) < 4.78 is 0. The molecule has 0 aliphatic rings. The summed E-state index contributed by atoms with van der Waals surface area (Å²) in [5.74, 6) is 2.44. The van der Waals surface area contributed by atoms with E-state index < -0.39 is 0 Å². The first-order valence-corrected chi connectivity index (χ1v) is 10.7. The van der Waals surface area contributed by atoms with E-state index in [0.717, 1.165) is 30.6 Å². The Balaban J connectivity index is 3.75. The SMILES string of the molecule is CC/C=C\C/C=C\CC(C)C(C)CC/C=C/C=C\CCC(C)CCC. The molecule has 3 atom stereocenters. The van der Waals surface area contributed by atoms with Gasteiger partial charge in [0.15, 0.2) is 0 Å². The van der Waals surface area contributed by atoms with Crippen LogP contribution in [0.15, 0.2) is 48.6 Å². The monoisotopic (exact) mass is 344 g/mol. The molecule has 0 heteroatoms. The Labute approximate surface area is 159 Å². The Kier molecular flexibility index (Phi) is 17.0. The summed E-state index contributed by atoms with van der Waals surface area (Å²) in [6, 6.07) is 0. The topological polar surface area (TPSA) is 0 Å². The molecule has 0 fully saturated rings. The van der Waals surface area contributed by atoms with Crippen molar-refractivity contribution in [1.82, 2.24) is 0 Å². The Morgan fingerprint density at radius 1 is 0.640 bits per heavy atom. The van der Waals surface area contributed by atoms with E-state index in [2.05, 4.69) is 83.2 Å². The fraction of sp³-hybridized carbons (Fsp3) is 0.680. The van der Waals surface area contributed by atoms with Crippen LogP contribution in [0.25, 0.3) is 0 Å². The van der Waals surface area contributed by atoms with Gasteiger partial charge in [-0.1, -0.05) is 96.1 Å². The number of hydrogen-bond donors (Lipinski definition) is 0. The molecule has 3 unspecified atom stereocenters. The summed E-state index contributed by atoms with van der Waals surface area (Å²) in [7, 11) is 0. The van der Waals surface area contributed by atoms with Crippen LogP contribution in [0, 0.1) is 17.8 Å². The first-order valence-electron chi connectivity index (χ1n) is 10.7. The molecule has 0 amide bonds. The highest BCUT2D eigenvalue weighted by atomic mass is 14.1. The minimum Gasteiger partial charge on any atom is -0.0885 e. The van der Waals surface area contributed by atoms with Crippen molar-refractivity contribution in [3.8, 4) is 0 Å². The fourth-order valence-electron chi connectivity index (χ4n) is 2.99. The lowest BCUT2D eigenvalue weighted by Crippen LogP contribution is -2.06. The second-order valence-electron chi connectivity index (χ2n) is 7.68. The number of allylic oxidation sites excluding steroid dienone is 8. The highest BCUT2D eigenvalue weighted by molar-refractivity contribution is 5.02. The van der Waals surface area contributed by atoms with Crippen LogP contribution in [0.1, 0.15) is 92.4 Å². The summed E-state index contributed by atoms with van der Waals surface area (Å²) in [5.41, 5.74) is 0. The molecule has 0 spiro atoms.